The van der Waals surface area contributed by atoms with Gasteiger partial charge in [-0.15, -0.1) is 11.3 Å². The lowest BCUT2D eigenvalue weighted by molar-refractivity contribution is 1.10. The van der Waals surface area contributed by atoms with Crippen molar-refractivity contribution in [3.8, 4) is 6.07 Å². The van der Waals surface area contributed by atoms with Crippen molar-refractivity contribution in [1.82, 2.24) is 4.98 Å². The maximum atomic E-state index is 9.09. The van der Waals surface area contributed by atoms with Crippen molar-refractivity contribution in [2.24, 2.45) is 0 Å². The predicted octanol–water partition coefficient (Wildman–Crippen LogP) is 3.09. The SMILES string of the molecule is N#Cc1sc(NCc2ccncc2)c(C2CC2)c1N. The van der Waals surface area contributed by atoms with Crippen LogP contribution in [0.3, 0.4) is 0 Å². The monoisotopic (exact) mass is 270 g/mol. The molecule has 3 N–H and O–H groups in total. The summed E-state index contributed by atoms with van der Waals surface area (Å²) in [4.78, 5) is 4.62. The summed E-state index contributed by atoms with van der Waals surface area (Å²) in [6, 6.07) is 6.14. The molecule has 3 rings (SSSR count). The zero-order valence-electron chi connectivity index (χ0n) is 10.4. The van der Waals surface area contributed by atoms with Crippen molar-refractivity contribution >= 4 is 22.0 Å². The summed E-state index contributed by atoms with van der Waals surface area (Å²) >= 11 is 1.46. The molecule has 0 aromatic carbocycles. The number of rotatable bonds is 4. The Hall–Kier alpha value is -2.06. The van der Waals surface area contributed by atoms with Gasteiger partial charge >= 0.3 is 0 Å². The van der Waals surface area contributed by atoms with E-state index < -0.39 is 0 Å². The highest BCUT2D eigenvalue weighted by Gasteiger charge is 2.31. The Morgan fingerprint density at radius 3 is 2.79 bits per heavy atom. The van der Waals surface area contributed by atoms with E-state index in [1.54, 1.807) is 12.4 Å². The first-order valence-corrected chi connectivity index (χ1v) is 7.06. The Bertz CT molecular complexity index is 623. The van der Waals surface area contributed by atoms with E-state index in [-0.39, 0.29) is 0 Å². The van der Waals surface area contributed by atoms with E-state index in [1.807, 2.05) is 12.1 Å². The van der Waals surface area contributed by atoms with E-state index in [0.717, 1.165) is 17.1 Å². The third-order valence-electron chi connectivity index (χ3n) is 3.27. The number of nitriles is 1. The van der Waals surface area contributed by atoms with Crippen LogP contribution in [-0.4, -0.2) is 4.98 Å². The van der Waals surface area contributed by atoms with E-state index in [1.165, 1.54) is 29.7 Å². The molecular formula is C14H14N4S. The van der Waals surface area contributed by atoms with E-state index in [0.29, 0.717) is 16.5 Å². The summed E-state index contributed by atoms with van der Waals surface area (Å²) < 4.78 is 0. The van der Waals surface area contributed by atoms with Crippen LogP contribution in [0.5, 0.6) is 0 Å². The van der Waals surface area contributed by atoms with E-state index in [2.05, 4.69) is 16.4 Å². The Labute approximate surface area is 115 Å². The van der Waals surface area contributed by atoms with Crippen molar-refractivity contribution in [1.29, 1.82) is 5.26 Å². The van der Waals surface area contributed by atoms with Gasteiger partial charge in [0.25, 0.3) is 0 Å². The number of nitrogen functional groups attached to an aromatic ring is 1. The first-order valence-electron chi connectivity index (χ1n) is 6.24. The molecule has 1 fully saturated rings. The Balaban J connectivity index is 1.83. The van der Waals surface area contributed by atoms with Gasteiger partial charge in [0.1, 0.15) is 10.9 Å². The van der Waals surface area contributed by atoms with Gasteiger partial charge in [0.05, 0.1) is 10.7 Å². The second-order valence-electron chi connectivity index (χ2n) is 4.68. The van der Waals surface area contributed by atoms with E-state index >= 15 is 0 Å². The Morgan fingerprint density at radius 2 is 2.16 bits per heavy atom. The molecule has 0 unspecified atom stereocenters. The van der Waals surface area contributed by atoms with Crippen LogP contribution in [-0.2, 0) is 6.54 Å². The molecule has 1 saturated carbocycles. The van der Waals surface area contributed by atoms with Crippen LogP contribution < -0.4 is 11.1 Å². The van der Waals surface area contributed by atoms with Crippen LogP contribution in [0.1, 0.15) is 34.8 Å². The molecule has 96 valence electrons. The minimum atomic E-state index is 0.540. The minimum absolute atomic E-state index is 0.540. The van der Waals surface area contributed by atoms with Gasteiger partial charge in [0, 0.05) is 24.5 Å². The van der Waals surface area contributed by atoms with Crippen LogP contribution in [0.2, 0.25) is 0 Å². The molecule has 2 aromatic heterocycles. The predicted molar refractivity (Wildman–Crippen MR) is 77.0 cm³/mol. The van der Waals surface area contributed by atoms with Crippen LogP contribution >= 0.6 is 11.3 Å². The molecule has 19 heavy (non-hydrogen) atoms. The van der Waals surface area contributed by atoms with Gasteiger partial charge < -0.3 is 11.1 Å². The fourth-order valence-electron chi connectivity index (χ4n) is 2.13. The lowest BCUT2D eigenvalue weighted by Gasteiger charge is -2.07. The number of nitrogens with zero attached hydrogens (tertiary/aromatic N) is 2. The van der Waals surface area contributed by atoms with Gasteiger partial charge in [-0.25, -0.2) is 0 Å². The van der Waals surface area contributed by atoms with Crippen molar-refractivity contribution < 1.29 is 0 Å². The molecule has 0 radical (unpaired) electrons. The summed E-state index contributed by atoms with van der Waals surface area (Å²) in [6.45, 7) is 0.729. The van der Waals surface area contributed by atoms with E-state index in [9.17, 15) is 0 Å². The Morgan fingerprint density at radius 1 is 1.42 bits per heavy atom. The summed E-state index contributed by atoms with van der Waals surface area (Å²) in [6.07, 6.45) is 5.91. The fourth-order valence-corrected chi connectivity index (χ4v) is 3.13. The maximum Gasteiger partial charge on any atom is 0.130 e. The van der Waals surface area contributed by atoms with Crippen molar-refractivity contribution in [3.05, 3.63) is 40.5 Å². The van der Waals surface area contributed by atoms with Gasteiger partial charge in [-0.1, -0.05) is 0 Å². The van der Waals surface area contributed by atoms with Crippen molar-refractivity contribution in [2.75, 3.05) is 11.1 Å². The van der Waals surface area contributed by atoms with Crippen molar-refractivity contribution in [3.63, 3.8) is 0 Å². The Kier molecular flexibility index (Phi) is 3.10. The average Bonchev–Trinajstić information content (AvgIpc) is 3.22. The number of hydrogen-bond acceptors (Lipinski definition) is 5. The summed E-state index contributed by atoms with van der Waals surface area (Å²) in [7, 11) is 0. The molecule has 4 nitrogen and oxygen atoms in total. The van der Waals surface area contributed by atoms with Crippen LogP contribution in [0.15, 0.2) is 24.5 Å². The van der Waals surface area contributed by atoms with Gasteiger partial charge in [0.15, 0.2) is 0 Å². The lowest BCUT2D eigenvalue weighted by atomic mass is 10.1. The largest absolute Gasteiger partial charge is 0.397 e. The smallest absolute Gasteiger partial charge is 0.130 e. The summed E-state index contributed by atoms with van der Waals surface area (Å²) in [5.74, 6) is 0.540. The number of hydrogen-bond donors (Lipinski definition) is 2. The molecule has 0 aliphatic heterocycles. The number of aromatic nitrogens is 1. The molecule has 1 aliphatic carbocycles. The van der Waals surface area contributed by atoms with Gasteiger partial charge in [0.2, 0.25) is 0 Å². The van der Waals surface area contributed by atoms with Crippen molar-refractivity contribution in [2.45, 2.75) is 25.3 Å². The zero-order chi connectivity index (χ0) is 13.2. The maximum absolute atomic E-state index is 9.09. The number of thiophene rings is 1. The number of nitrogens with two attached hydrogens (primary N) is 1. The third-order valence-corrected chi connectivity index (χ3v) is 4.36. The molecule has 1 aliphatic rings. The van der Waals surface area contributed by atoms with Gasteiger partial charge in [-0.05, 0) is 36.5 Å². The highest BCUT2D eigenvalue weighted by Crippen LogP contribution is 2.50. The molecule has 2 aromatic rings. The normalized spacial score (nSPS) is 14.1. The third kappa shape index (κ3) is 2.40. The minimum Gasteiger partial charge on any atom is -0.397 e. The number of anilines is 2. The quantitative estimate of drug-likeness (QED) is 0.895. The standard InChI is InChI=1S/C14H14N4S/c15-7-11-13(16)12(10-1-2-10)14(19-11)18-8-9-3-5-17-6-4-9/h3-6,10,18H,1-2,8,16H2. The molecule has 0 saturated heterocycles. The molecule has 2 heterocycles. The van der Waals surface area contributed by atoms with Crippen LogP contribution in [0.25, 0.3) is 0 Å². The summed E-state index contributed by atoms with van der Waals surface area (Å²) in [5.41, 5.74) is 9.05. The number of pyridine rings is 1. The molecule has 0 bridgehead atoms. The topological polar surface area (TPSA) is 74.7 Å². The first-order chi connectivity index (χ1) is 9.29. The fraction of sp³-hybridized carbons (Fsp3) is 0.286. The molecule has 0 spiro atoms. The van der Waals surface area contributed by atoms with Gasteiger partial charge in [-0.2, -0.15) is 5.26 Å². The molecule has 0 atom stereocenters. The highest BCUT2D eigenvalue weighted by atomic mass is 32.1. The second kappa shape index (κ2) is 4.90. The average molecular weight is 270 g/mol. The number of nitrogens with one attached hydrogen (secondary N) is 1. The molecule has 5 heteroatoms. The molecule has 0 amide bonds. The second-order valence-corrected chi connectivity index (χ2v) is 5.70. The molecular weight excluding hydrogens is 256 g/mol. The zero-order valence-corrected chi connectivity index (χ0v) is 11.2. The van der Waals surface area contributed by atoms with Crippen LogP contribution in [0.4, 0.5) is 10.7 Å². The first kappa shape index (κ1) is 12.0. The van der Waals surface area contributed by atoms with Gasteiger partial charge in [-0.3, -0.25) is 4.98 Å². The highest BCUT2D eigenvalue weighted by molar-refractivity contribution is 7.17. The summed E-state index contributed by atoms with van der Waals surface area (Å²) in [5, 5.41) is 13.5. The lowest BCUT2D eigenvalue weighted by Crippen LogP contribution is -2.00. The van der Waals surface area contributed by atoms with E-state index in [4.69, 9.17) is 11.0 Å². The van der Waals surface area contributed by atoms with Crippen LogP contribution in [0, 0.1) is 11.3 Å².